The van der Waals surface area contributed by atoms with Crippen LogP contribution in [0.3, 0.4) is 0 Å². The summed E-state index contributed by atoms with van der Waals surface area (Å²) in [7, 11) is 0. The van der Waals surface area contributed by atoms with Gasteiger partial charge in [-0.25, -0.2) is 0 Å². The molecule has 0 unspecified atom stereocenters. The summed E-state index contributed by atoms with van der Waals surface area (Å²) in [5.74, 6) is 1.52. The molecule has 1 rings (SSSR count). The van der Waals surface area contributed by atoms with E-state index >= 15 is 0 Å². The lowest BCUT2D eigenvalue weighted by molar-refractivity contribution is -0.120. The molecule has 0 saturated carbocycles. The SMILES string of the molecule is C=CCOc1cc(C(C)C)cc(OC=O)c1OCC=C. The van der Waals surface area contributed by atoms with E-state index in [-0.39, 0.29) is 5.92 Å². The Kier molecular flexibility index (Phi) is 6.37. The van der Waals surface area contributed by atoms with Crippen LogP contribution < -0.4 is 14.2 Å². The van der Waals surface area contributed by atoms with Crippen LogP contribution in [0.4, 0.5) is 0 Å². The maximum absolute atomic E-state index is 10.7. The molecule has 1 aromatic carbocycles. The highest BCUT2D eigenvalue weighted by Crippen LogP contribution is 2.40. The Hall–Kier alpha value is -2.23. The van der Waals surface area contributed by atoms with E-state index in [9.17, 15) is 4.79 Å². The van der Waals surface area contributed by atoms with Crippen molar-refractivity contribution in [3.63, 3.8) is 0 Å². The number of carbonyl (C=O) groups excluding carboxylic acids is 1. The van der Waals surface area contributed by atoms with Gasteiger partial charge in [-0.1, -0.05) is 39.2 Å². The lowest BCUT2D eigenvalue weighted by Gasteiger charge is -2.17. The van der Waals surface area contributed by atoms with E-state index in [1.54, 1.807) is 18.2 Å². The molecule has 0 bridgehead atoms. The van der Waals surface area contributed by atoms with Crippen molar-refractivity contribution in [1.82, 2.24) is 0 Å². The zero-order valence-electron chi connectivity index (χ0n) is 11.9. The molecule has 108 valence electrons. The average molecular weight is 276 g/mol. The summed E-state index contributed by atoms with van der Waals surface area (Å²) >= 11 is 0. The number of hydrogen-bond donors (Lipinski definition) is 0. The van der Waals surface area contributed by atoms with E-state index in [4.69, 9.17) is 14.2 Å². The third-order valence-corrected chi connectivity index (χ3v) is 2.59. The van der Waals surface area contributed by atoms with Crippen LogP contribution in [0.15, 0.2) is 37.4 Å². The summed E-state index contributed by atoms with van der Waals surface area (Å²) in [4.78, 5) is 10.7. The van der Waals surface area contributed by atoms with E-state index < -0.39 is 0 Å². The lowest BCUT2D eigenvalue weighted by Crippen LogP contribution is -2.04. The highest BCUT2D eigenvalue weighted by atomic mass is 16.6. The Bertz CT molecular complexity index is 478. The van der Waals surface area contributed by atoms with E-state index in [0.717, 1.165) is 5.56 Å². The molecule has 0 atom stereocenters. The molecule has 20 heavy (non-hydrogen) atoms. The normalized spacial score (nSPS) is 9.95. The molecule has 4 heteroatoms. The Labute approximate surface area is 119 Å². The predicted octanol–water partition coefficient (Wildman–Crippen LogP) is 3.47. The average Bonchev–Trinajstić information content (AvgIpc) is 2.43. The maximum Gasteiger partial charge on any atom is 0.298 e. The summed E-state index contributed by atoms with van der Waals surface area (Å²) in [5, 5.41) is 0. The summed E-state index contributed by atoms with van der Waals surface area (Å²) in [6.45, 7) is 12.3. The van der Waals surface area contributed by atoms with Gasteiger partial charge in [-0.2, -0.15) is 0 Å². The molecule has 0 N–H and O–H groups in total. The molecule has 0 radical (unpaired) electrons. The van der Waals surface area contributed by atoms with E-state index in [1.807, 2.05) is 19.9 Å². The number of ether oxygens (including phenoxy) is 3. The first-order valence-corrected chi connectivity index (χ1v) is 6.39. The minimum absolute atomic E-state index is 0.267. The van der Waals surface area contributed by atoms with Crippen molar-refractivity contribution in [2.24, 2.45) is 0 Å². The lowest BCUT2D eigenvalue weighted by atomic mass is 10.0. The largest absolute Gasteiger partial charge is 0.485 e. The Balaban J connectivity index is 3.26. The molecule has 0 aliphatic carbocycles. The zero-order chi connectivity index (χ0) is 15.0. The van der Waals surface area contributed by atoms with Crippen LogP contribution >= 0.6 is 0 Å². The summed E-state index contributed by atoms with van der Waals surface area (Å²) in [6.07, 6.45) is 3.25. The molecule has 0 saturated heterocycles. The second kappa shape index (κ2) is 8.04. The number of hydrogen-bond acceptors (Lipinski definition) is 4. The van der Waals surface area contributed by atoms with E-state index in [0.29, 0.717) is 36.9 Å². The van der Waals surface area contributed by atoms with E-state index in [1.165, 1.54) is 0 Å². The molecular weight excluding hydrogens is 256 g/mol. The Morgan fingerprint density at radius 2 is 1.70 bits per heavy atom. The standard InChI is InChI=1S/C16H20O4/c1-5-7-18-14-9-13(12(3)4)10-15(20-11-17)16(14)19-8-6-2/h5-6,9-12H,1-2,7-8H2,3-4H3. The third-order valence-electron chi connectivity index (χ3n) is 2.59. The second-order valence-corrected chi connectivity index (χ2v) is 4.41. The topological polar surface area (TPSA) is 44.8 Å². The molecule has 0 aromatic heterocycles. The van der Waals surface area contributed by atoms with Crippen LogP contribution in [-0.2, 0) is 4.79 Å². The van der Waals surface area contributed by atoms with Crippen LogP contribution in [0.5, 0.6) is 17.2 Å². The fourth-order valence-electron chi connectivity index (χ4n) is 1.61. The van der Waals surface area contributed by atoms with Crippen molar-refractivity contribution >= 4 is 6.47 Å². The third kappa shape index (κ3) is 4.16. The second-order valence-electron chi connectivity index (χ2n) is 4.41. The number of benzene rings is 1. The van der Waals surface area contributed by atoms with Gasteiger partial charge in [0.15, 0.2) is 11.5 Å². The van der Waals surface area contributed by atoms with Crippen LogP contribution in [0.1, 0.15) is 25.3 Å². The molecular formula is C16H20O4. The Morgan fingerprint density at radius 3 is 2.25 bits per heavy atom. The summed E-state index contributed by atoms with van der Waals surface area (Å²) in [6, 6.07) is 3.66. The van der Waals surface area contributed by atoms with Gasteiger partial charge in [-0.15, -0.1) is 0 Å². The number of rotatable bonds is 9. The monoisotopic (exact) mass is 276 g/mol. The van der Waals surface area contributed by atoms with Crippen molar-refractivity contribution in [3.8, 4) is 17.2 Å². The van der Waals surface area contributed by atoms with Crippen LogP contribution in [0.2, 0.25) is 0 Å². The van der Waals surface area contributed by atoms with Crippen molar-refractivity contribution in [2.75, 3.05) is 13.2 Å². The van der Waals surface area contributed by atoms with Gasteiger partial charge in [-0.05, 0) is 23.6 Å². The van der Waals surface area contributed by atoms with Gasteiger partial charge in [0.2, 0.25) is 5.75 Å². The first-order valence-electron chi connectivity index (χ1n) is 6.39. The quantitative estimate of drug-likeness (QED) is 0.511. The smallest absolute Gasteiger partial charge is 0.298 e. The van der Waals surface area contributed by atoms with Crippen LogP contribution in [-0.4, -0.2) is 19.7 Å². The van der Waals surface area contributed by atoms with Gasteiger partial charge >= 0.3 is 0 Å². The molecule has 0 heterocycles. The fraction of sp³-hybridized carbons (Fsp3) is 0.312. The minimum atomic E-state index is 0.267. The van der Waals surface area contributed by atoms with Gasteiger partial charge < -0.3 is 14.2 Å². The molecule has 1 aromatic rings. The number of carbonyl (C=O) groups is 1. The van der Waals surface area contributed by atoms with Crippen LogP contribution in [0.25, 0.3) is 0 Å². The molecule has 0 spiro atoms. The first-order chi connectivity index (χ1) is 9.63. The molecule has 0 aliphatic rings. The molecule has 0 amide bonds. The van der Waals surface area contributed by atoms with Gasteiger partial charge in [0.1, 0.15) is 13.2 Å². The first kappa shape index (κ1) is 15.8. The van der Waals surface area contributed by atoms with Gasteiger partial charge in [-0.3, -0.25) is 4.79 Å². The highest BCUT2D eigenvalue weighted by Gasteiger charge is 2.16. The van der Waals surface area contributed by atoms with Crippen molar-refractivity contribution < 1.29 is 19.0 Å². The minimum Gasteiger partial charge on any atom is -0.485 e. The van der Waals surface area contributed by atoms with Crippen molar-refractivity contribution in [2.45, 2.75) is 19.8 Å². The highest BCUT2D eigenvalue weighted by molar-refractivity contribution is 5.59. The molecule has 0 fully saturated rings. The van der Waals surface area contributed by atoms with E-state index in [2.05, 4.69) is 13.2 Å². The van der Waals surface area contributed by atoms with Crippen LogP contribution in [0, 0.1) is 0 Å². The van der Waals surface area contributed by atoms with Crippen molar-refractivity contribution in [3.05, 3.63) is 43.0 Å². The molecule has 0 aliphatic heterocycles. The zero-order valence-corrected chi connectivity index (χ0v) is 11.9. The van der Waals surface area contributed by atoms with Gasteiger partial charge in [0.25, 0.3) is 6.47 Å². The Morgan fingerprint density at radius 1 is 1.10 bits per heavy atom. The maximum atomic E-state index is 10.7. The summed E-state index contributed by atoms with van der Waals surface area (Å²) < 4.78 is 16.1. The molecule has 4 nitrogen and oxygen atoms in total. The fourth-order valence-corrected chi connectivity index (χ4v) is 1.61. The van der Waals surface area contributed by atoms with Gasteiger partial charge in [0.05, 0.1) is 0 Å². The van der Waals surface area contributed by atoms with Gasteiger partial charge in [0, 0.05) is 0 Å². The predicted molar refractivity (Wildman–Crippen MR) is 78.6 cm³/mol. The summed E-state index contributed by atoms with van der Waals surface area (Å²) in [5.41, 5.74) is 0.992. The van der Waals surface area contributed by atoms with Crippen molar-refractivity contribution in [1.29, 1.82) is 0 Å².